The van der Waals surface area contributed by atoms with Crippen LogP contribution >= 0.6 is 0 Å². The van der Waals surface area contributed by atoms with Crippen LogP contribution in [0.3, 0.4) is 0 Å². The molecule has 0 aromatic heterocycles. The minimum Gasteiger partial charge on any atom is -0.454 e. The third-order valence-corrected chi connectivity index (χ3v) is 7.59. The Labute approximate surface area is 216 Å². The van der Waals surface area contributed by atoms with Gasteiger partial charge < -0.3 is 9.47 Å². The van der Waals surface area contributed by atoms with Gasteiger partial charge in [0.05, 0.1) is 23.0 Å². The van der Waals surface area contributed by atoms with Crippen LogP contribution in [0.4, 0.5) is 0 Å². The molecular formula is C33H28O4. The van der Waals surface area contributed by atoms with E-state index in [2.05, 4.69) is 44.2 Å². The summed E-state index contributed by atoms with van der Waals surface area (Å²) in [5.41, 5.74) is 6.77. The van der Waals surface area contributed by atoms with Crippen LogP contribution in [0.15, 0.2) is 103 Å². The molecule has 0 fully saturated rings. The first kappa shape index (κ1) is 23.2. The first-order valence-electron chi connectivity index (χ1n) is 12.8. The number of fused-ring (bicyclic) bond motifs is 1. The minimum atomic E-state index is -0.660. The fourth-order valence-corrected chi connectivity index (χ4v) is 6.01. The van der Waals surface area contributed by atoms with Crippen molar-refractivity contribution in [3.05, 3.63) is 142 Å². The van der Waals surface area contributed by atoms with E-state index >= 15 is 0 Å². The number of hydrogen-bond acceptors (Lipinski definition) is 4. The predicted molar refractivity (Wildman–Crippen MR) is 142 cm³/mol. The molecule has 0 spiro atoms. The van der Waals surface area contributed by atoms with Crippen LogP contribution in [0, 0.1) is 0 Å². The quantitative estimate of drug-likeness (QED) is 0.288. The zero-order chi connectivity index (χ0) is 25.5. The van der Waals surface area contributed by atoms with E-state index in [9.17, 15) is 9.59 Å². The van der Waals surface area contributed by atoms with E-state index in [1.165, 1.54) is 11.1 Å². The summed E-state index contributed by atoms with van der Waals surface area (Å²) in [6.07, 6.45) is -1.32. The highest BCUT2D eigenvalue weighted by molar-refractivity contribution is 5.91. The van der Waals surface area contributed by atoms with Gasteiger partial charge in [-0.05, 0) is 58.0 Å². The molecule has 2 bridgehead atoms. The lowest BCUT2D eigenvalue weighted by Crippen LogP contribution is -2.51. The fourth-order valence-electron chi connectivity index (χ4n) is 6.01. The lowest BCUT2D eigenvalue weighted by molar-refractivity contribution is -0.0559. The van der Waals surface area contributed by atoms with Crippen LogP contribution < -0.4 is 0 Å². The Morgan fingerprint density at radius 2 is 1.03 bits per heavy atom. The second-order valence-corrected chi connectivity index (χ2v) is 10.1. The molecule has 3 aliphatic carbocycles. The van der Waals surface area contributed by atoms with E-state index in [4.69, 9.17) is 9.47 Å². The van der Waals surface area contributed by atoms with Crippen LogP contribution in [0.1, 0.15) is 80.1 Å². The van der Waals surface area contributed by atoms with Gasteiger partial charge in [0.1, 0.15) is 0 Å². The van der Waals surface area contributed by atoms with Crippen LogP contribution in [0.25, 0.3) is 0 Å². The predicted octanol–water partition coefficient (Wildman–Crippen LogP) is 6.85. The van der Waals surface area contributed by atoms with Gasteiger partial charge in [-0.25, -0.2) is 9.59 Å². The highest BCUT2D eigenvalue weighted by Crippen LogP contribution is 2.56. The Morgan fingerprint density at radius 1 is 0.568 bits per heavy atom. The molecule has 0 N–H and O–H groups in total. The first-order chi connectivity index (χ1) is 18.0. The summed E-state index contributed by atoms with van der Waals surface area (Å²) in [6, 6.07) is 32.6. The molecule has 0 saturated carbocycles. The zero-order valence-corrected chi connectivity index (χ0v) is 20.8. The van der Waals surface area contributed by atoms with Crippen molar-refractivity contribution < 1.29 is 19.1 Å². The molecule has 3 aliphatic rings. The molecule has 0 heterocycles. The molecule has 7 rings (SSSR count). The van der Waals surface area contributed by atoms with Crippen molar-refractivity contribution in [2.45, 2.75) is 43.8 Å². The summed E-state index contributed by atoms with van der Waals surface area (Å²) < 4.78 is 12.6. The van der Waals surface area contributed by atoms with Gasteiger partial charge in [0, 0.05) is 0 Å². The average Bonchev–Trinajstić information content (AvgIpc) is 2.94. The number of benzene rings is 4. The summed E-state index contributed by atoms with van der Waals surface area (Å²) in [7, 11) is 0. The smallest absolute Gasteiger partial charge is 0.338 e. The van der Waals surface area contributed by atoms with Crippen LogP contribution in [0.5, 0.6) is 0 Å². The van der Waals surface area contributed by atoms with Crippen molar-refractivity contribution >= 4 is 11.9 Å². The zero-order valence-electron chi connectivity index (χ0n) is 20.8. The Balaban J connectivity index is 1.51. The Kier molecular flexibility index (Phi) is 5.88. The van der Waals surface area contributed by atoms with Crippen molar-refractivity contribution in [2.24, 2.45) is 0 Å². The molecular weight excluding hydrogens is 460 g/mol. The van der Waals surface area contributed by atoms with Crippen molar-refractivity contribution in [3.63, 3.8) is 0 Å². The van der Waals surface area contributed by atoms with E-state index < -0.39 is 24.1 Å². The number of esters is 2. The second kappa shape index (κ2) is 9.36. The minimum absolute atomic E-state index is 0.240. The number of hydrogen-bond donors (Lipinski definition) is 0. The van der Waals surface area contributed by atoms with Crippen molar-refractivity contribution in [1.29, 1.82) is 0 Å². The second-order valence-electron chi connectivity index (χ2n) is 10.1. The lowest BCUT2D eigenvalue weighted by atomic mass is 9.59. The topological polar surface area (TPSA) is 52.6 Å². The Hall–Kier alpha value is -4.18. The SMILES string of the molecule is CC(C)c1cccc2c1[C@H]1c3ccccc3[C@H]2[C@@H](OC(=O)c2ccccc2)[C@H]1OC(=O)c1ccccc1. The standard InChI is InChI=1S/C33H28O4/c1-20(2)23-18-11-19-26-27(23)29-25-17-10-9-16-24(25)28(26)30(36-32(34)21-12-5-3-6-13-21)31(29)37-33(35)22-14-7-4-8-15-22/h3-20,28-31H,1-2H3/t28-,29-,30-,31+/m1/s1. The van der Waals surface area contributed by atoms with Crippen molar-refractivity contribution in [3.8, 4) is 0 Å². The van der Waals surface area contributed by atoms with Gasteiger partial charge in [-0.15, -0.1) is 0 Å². The summed E-state index contributed by atoms with van der Waals surface area (Å²) in [6.45, 7) is 4.36. The van der Waals surface area contributed by atoms with Gasteiger partial charge >= 0.3 is 11.9 Å². The third-order valence-electron chi connectivity index (χ3n) is 7.59. The van der Waals surface area contributed by atoms with Crippen LogP contribution in [0.2, 0.25) is 0 Å². The Morgan fingerprint density at radius 3 is 1.57 bits per heavy atom. The highest BCUT2D eigenvalue weighted by atomic mass is 16.6. The average molecular weight is 489 g/mol. The number of carbonyl (C=O) groups excluding carboxylic acids is 2. The fraction of sp³-hybridized carbons (Fsp3) is 0.212. The van der Waals surface area contributed by atoms with E-state index in [0.29, 0.717) is 11.1 Å². The van der Waals surface area contributed by atoms with E-state index in [0.717, 1.165) is 16.7 Å². The van der Waals surface area contributed by atoms with Crippen molar-refractivity contribution in [1.82, 2.24) is 0 Å². The summed E-state index contributed by atoms with van der Waals surface area (Å²) >= 11 is 0. The molecule has 4 aromatic carbocycles. The monoisotopic (exact) mass is 488 g/mol. The molecule has 0 saturated heterocycles. The normalized spacial score (nSPS) is 21.2. The number of rotatable bonds is 5. The van der Waals surface area contributed by atoms with E-state index in [-0.39, 0.29) is 17.8 Å². The van der Waals surface area contributed by atoms with E-state index in [1.807, 2.05) is 48.5 Å². The molecule has 0 amide bonds. The van der Waals surface area contributed by atoms with Crippen LogP contribution in [-0.2, 0) is 9.47 Å². The van der Waals surface area contributed by atoms with E-state index in [1.54, 1.807) is 24.3 Å². The van der Waals surface area contributed by atoms with Crippen LogP contribution in [-0.4, -0.2) is 24.1 Å². The molecule has 0 aliphatic heterocycles. The van der Waals surface area contributed by atoms with Crippen molar-refractivity contribution in [2.75, 3.05) is 0 Å². The number of carbonyl (C=O) groups is 2. The molecule has 4 nitrogen and oxygen atoms in total. The molecule has 4 heteroatoms. The van der Waals surface area contributed by atoms with Gasteiger partial charge in [-0.3, -0.25) is 0 Å². The largest absolute Gasteiger partial charge is 0.454 e. The Bertz CT molecular complexity index is 1460. The maximum Gasteiger partial charge on any atom is 0.338 e. The number of ether oxygens (including phenoxy) is 2. The van der Waals surface area contributed by atoms with Gasteiger partial charge in [0.25, 0.3) is 0 Å². The molecule has 4 aromatic rings. The van der Waals surface area contributed by atoms with Gasteiger partial charge in [-0.2, -0.15) is 0 Å². The molecule has 37 heavy (non-hydrogen) atoms. The maximum absolute atomic E-state index is 13.4. The molecule has 0 radical (unpaired) electrons. The van der Waals surface area contributed by atoms with Gasteiger partial charge in [0.15, 0.2) is 12.2 Å². The molecule has 4 atom stereocenters. The maximum atomic E-state index is 13.4. The summed E-state index contributed by atoms with van der Waals surface area (Å²) in [5.74, 6) is -1.03. The molecule has 184 valence electrons. The third kappa shape index (κ3) is 3.93. The summed E-state index contributed by atoms with van der Waals surface area (Å²) in [5, 5.41) is 0. The highest BCUT2D eigenvalue weighted by Gasteiger charge is 2.54. The first-order valence-corrected chi connectivity index (χ1v) is 12.8. The molecule has 0 unspecified atom stereocenters. The van der Waals surface area contributed by atoms with Gasteiger partial charge in [0.2, 0.25) is 0 Å². The lowest BCUT2D eigenvalue weighted by Gasteiger charge is -2.50. The van der Waals surface area contributed by atoms with Gasteiger partial charge in [-0.1, -0.05) is 92.7 Å². The summed E-state index contributed by atoms with van der Waals surface area (Å²) in [4.78, 5) is 26.7.